The molecular formula is C12H17BO. The monoisotopic (exact) mass is 188 g/mol. The highest BCUT2D eigenvalue weighted by Gasteiger charge is 2.05. The number of aliphatic hydroxyl groups is 1. The van der Waals surface area contributed by atoms with Gasteiger partial charge in [0.15, 0.2) is 0 Å². The Morgan fingerprint density at radius 1 is 1.21 bits per heavy atom. The van der Waals surface area contributed by atoms with Gasteiger partial charge in [0.1, 0.15) is 7.85 Å². The summed E-state index contributed by atoms with van der Waals surface area (Å²) in [7, 11) is 5.57. The van der Waals surface area contributed by atoms with Crippen LogP contribution in [0, 0.1) is 0 Å². The molecule has 0 saturated heterocycles. The summed E-state index contributed by atoms with van der Waals surface area (Å²) in [5, 5.41) is 9.80. The van der Waals surface area contributed by atoms with Gasteiger partial charge in [-0.1, -0.05) is 55.9 Å². The summed E-state index contributed by atoms with van der Waals surface area (Å²) in [6, 6.07) is 7.45. The lowest BCUT2D eigenvalue weighted by Crippen LogP contribution is -2.03. The summed E-state index contributed by atoms with van der Waals surface area (Å²) in [5.41, 5.74) is 1.71. The van der Waals surface area contributed by atoms with Crippen molar-refractivity contribution in [2.45, 2.75) is 38.7 Å². The summed E-state index contributed by atoms with van der Waals surface area (Å²) in [6.45, 7) is 2.16. The molecular weight excluding hydrogens is 171 g/mol. The quantitative estimate of drug-likeness (QED) is 0.554. The van der Waals surface area contributed by atoms with Crippen LogP contribution in [0.2, 0.25) is 0 Å². The number of rotatable bonds is 5. The number of benzene rings is 1. The van der Waals surface area contributed by atoms with Gasteiger partial charge in [-0.05, 0) is 12.0 Å². The lowest BCUT2D eigenvalue weighted by molar-refractivity contribution is 0.163. The molecule has 1 aromatic rings. The van der Waals surface area contributed by atoms with E-state index in [-0.39, 0.29) is 6.10 Å². The molecule has 74 valence electrons. The first-order valence-electron chi connectivity index (χ1n) is 5.27. The minimum atomic E-state index is -0.331. The predicted octanol–water partition coefficient (Wildman–Crippen LogP) is 2.09. The Bertz CT molecular complexity index is 256. The van der Waals surface area contributed by atoms with Gasteiger partial charge in [0.05, 0.1) is 6.10 Å². The maximum absolute atomic E-state index is 9.80. The van der Waals surface area contributed by atoms with E-state index in [2.05, 4.69) is 6.92 Å². The molecule has 0 unspecified atom stereocenters. The SMILES string of the molecule is [B]c1ccc([C@@H](O)CCCCC)cc1. The van der Waals surface area contributed by atoms with Crippen LogP contribution < -0.4 is 5.46 Å². The molecule has 0 aliphatic carbocycles. The van der Waals surface area contributed by atoms with Crippen molar-refractivity contribution in [3.8, 4) is 0 Å². The van der Waals surface area contributed by atoms with Crippen LogP contribution in [0.1, 0.15) is 44.3 Å². The van der Waals surface area contributed by atoms with Gasteiger partial charge in [-0.25, -0.2) is 0 Å². The Hall–Kier alpha value is -0.755. The minimum absolute atomic E-state index is 0.331. The topological polar surface area (TPSA) is 20.2 Å². The first-order chi connectivity index (χ1) is 6.74. The molecule has 0 heterocycles. The van der Waals surface area contributed by atoms with E-state index in [1.165, 1.54) is 12.8 Å². The van der Waals surface area contributed by atoms with E-state index in [1.54, 1.807) is 0 Å². The minimum Gasteiger partial charge on any atom is -0.388 e. The van der Waals surface area contributed by atoms with Gasteiger partial charge in [-0.15, -0.1) is 0 Å². The molecule has 0 saturated carbocycles. The lowest BCUT2D eigenvalue weighted by atomic mass is 9.93. The van der Waals surface area contributed by atoms with Crippen molar-refractivity contribution in [3.63, 3.8) is 0 Å². The fourth-order valence-corrected chi connectivity index (χ4v) is 1.47. The maximum atomic E-state index is 9.80. The number of hydrogen-bond acceptors (Lipinski definition) is 1. The van der Waals surface area contributed by atoms with Crippen molar-refractivity contribution in [1.29, 1.82) is 0 Å². The molecule has 2 heteroatoms. The smallest absolute Gasteiger partial charge is 0.113 e. The molecule has 0 amide bonds. The van der Waals surface area contributed by atoms with E-state index >= 15 is 0 Å². The third-order valence-electron chi connectivity index (χ3n) is 2.40. The first kappa shape index (κ1) is 11.3. The second kappa shape index (κ2) is 5.87. The van der Waals surface area contributed by atoms with Gasteiger partial charge in [-0.3, -0.25) is 0 Å². The number of aliphatic hydroxyl groups excluding tert-OH is 1. The third-order valence-corrected chi connectivity index (χ3v) is 2.40. The molecule has 0 fully saturated rings. The van der Waals surface area contributed by atoms with Crippen LogP contribution in [0.25, 0.3) is 0 Å². The zero-order chi connectivity index (χ0) is 10.4. The summed E-state index contributed by atoms with van der Waals surface area (Å²) >= 11 is 0. The molecule has 1 nitrogen and oxygen atoms in total. The molecule has 0 aliphatic heterocycles. The van der Waals surface area contributed by atoms with Gasteiger partial charge in [0, 0.05) is 0 Å². The summed E-state index contributed by atoms with van der Waals surface area (Å²) < 4.78 is 0. The standard InChI is InChI=1S/C12H17BO/c1-2-3-4-5-12(14)10-6-8-11(13)9-7-10/h6-9,12,14H,2-5H2,1H3/t12-/m0/s1. The Balaban J connectivity index is 2.43. The predicted molar refractivity (Wildman–Crippen MR) is 60.9 cm³/mol. The van der Waals surface area contributed by atoms with Crippen LogP contribution >= 0.6 is 0 Å². The molecule has 0 bridgehead atoms. The highest BCUT2D eigenvalue weighted by molar-refractivity contribution is 6.32. The maximum Gasteiger partial charge on any atom is 0.113 e. The Kier molecular flexibility index (Phi) is 4.74. The molecule has 0 aliphatic rings. The average molecular weight is 188 g/mol. The van der Waals surface area contributed by atoms with Crippen LogP contribution in [-0.2, 0) is 0 Å². The summed E-state index contributed by atoms with van der Waals surface area (Å²) in [4.78, 5) is 0. The van der Waals surface area contributed by atoms with Crippen molar-refractivity contribution in [3.05, 3.63) is 29.8 Å². The average Bonchev–Trinajstić information content (AvgIpc) is 2.19. The van der Waals surface area contributed by atoms with E-state index in [1.807, 2.05) is 24.3 Å². The van der Waals surface area contributed by atoms with E-state index in [0.29, 0.717) is 0 Å². The van der Waals surface area contributed by atoms with E-state index in [0.717, 1.165) is 23.9 Å². The van der Waals surface area contributed by atoms with Crippen LogP contribution in [-0.4, -0.2) is 13.0 Å². The van der Waals surface area contributed by atoms with Crippen LogP contribution in [0.15, 0.2) is 24.3 Å². The second-order valence-corrected chi connectivity index (χ2v) is 3.68. The Labute approximate surface area is 87.6 Å². The Morgan fingerprint density at radius 2 is 1.86 bits per heavy atom. The van der Waals surface area contributed by atoms with Crippen LogP contribution in [0.4, 0.5) is 0 Å². The van der Waals surface area contributed by atoms with Crippen molar-refractivity contribution < 1.29 is 5.11 Å². The normalized spacial score (nSPS) is 12.7. The van der Waals surface area contributed by atoms with Gasteiger partial charge in [-0.2, -0.15) is 0 Å². The largest absolute Gasteiger partial charge is 0.388 e. The van der Waals surface area contributed by atoms with Gasteiger partial charge < -0.3 is 5.11 Å². The fraction of sp³-hybridized carbons (Fsp3) is 0.500. The van der Waals surface area contributed by atoms with Crippen molar-refractivity contribution in [2.75, 3.05) is 0 Å². The summed E-state index contributed by atoms with van der Waals surface area (Å²) in [6.07, 6.45) is 3.97. The van der Waals surface area contributed by atoms with E-state index < -0.39 is 0 Å². The van der Waals surface area contributed by atoms with Gasteiger partial charge in [0.25, 0.3) is 0 Å². The molecule has 0 aromatic heterocycles. The highest BCUT2D eigenvalue weighted by Crippen LogP contribution is 2.18. The number of unbranched alkanes of at least 4 members (excludes halogenated alkanes) is 2. The Morgan fingerprint density at radius 3 is 2.43 bits per heavy atom. The fourth-order valence-electron chi connectivity index (χ4n) is 1.47. The molecule has 1 aromatic carbocycles. The zero-order valence-corrected chi connectivity index (χ0v) is 8.74. The van der Waals surface area contributed by atoms with Crippen molar-refractivity contribution in [2.24, 2.45) is 0 Å². The van der Waals surface area contributed by atoms with Crippen molar-refractivity contribution in [1.82, 2.24) is 0 Å². The second-order valence-electron chi connectivity index (χ2n) is 3.68. The lowest BCUT2D eigenvalue weighted by Gasteiger charge is -2.10. The van der Waals surface area contributed by atoms with Gasteiger partial charge in [0.2, 0.25) is 0 Å². The molecule has 0 spiro atoms. The third kappa shape index (κ3) is 3.55. The molecule has 2 radical (unpaired) electrons. The highest BCUT2D eigenvalue weighted by atomic mass is 16.3. The van der Waals surface area contributed by atoms with Gasteiger partial charge >= 0.3 is 0 Å². The molecule has 1 rings (SSSR count). The van der Waals surface area contributed by atoms with E-state index in [9.17, 15) is 5.11 Å². The van der Waals surface area contributed by atoms with Crippen molar-refractivity contribution >= 4 is 13.3 Å². The molecule has 1 atom stereocenters. The summed E-state index contributed by atoms with van der Waals surface area (Å²) in [5.74, 6) is 0. The van der Waals surface area contributed by atoms with E-state index in [4.69, 9.17) is 7.85 Å². The van der Waals surface area contributed by atoms with Crippen LogP contribution in [0.5, 0.6) is 0 Å². The van der Waals surface area contributed by atoms with Crippen LogP contribution in [0.3, 0.4) is 0 Å². The molecule has 1 N–H and O–H groups in total. The number of hydrogen-bond donors (Lipinski definition) is 1. The zero-order valence-electron chi connectivity index (χ0n) is 8.74. The molecule has 14 heavy (non-hydrogen) atoms. The first-order valence-corrected chi connectivity index (χ1v) is 5.27.